The molecule has 0 spiro atoms. The highest BCUT2D eigenvalue weighted by Crippen LogP contribution is 2.09. The number of nitrogens with zero attached hydrogens (tertiary/aromatic N) is 1. The zero-order valence-corrected chi connectivity index (χ0v) is 9.70. The minimum absolute atomic E-state index is 0.552. The molecule has 0 saturated heterocycles. The Bertz CT molecular complexity index is 512. The van der Waals surface area contributed by atoms with Crippen molar-refractivity contribution in [3.8, 4) is 0 Å². The van der Waals surface area contributed by atoms with E-state index >= 15 is 0 Å². The highest BCUT2D eigenvalue weighted by molar-refractivity contribution is 5.28. The molecule has 0 unspecified atom stereocenters. The molecule has 0 atom stereocenters. The smallest absolute Gasteiger partial charge is 0.0568 e. The fourth-order valence-electron chi connectivity index (χ4n) is 1.93. The Morgan fingerprint density at radius 1 is 1.00 bits per heavy atom. The summed E-state index contributed by atoms with van der Waals surface area (Å²) in [6.07, 6.45) is 3.89. The summed E-state index contributed by atoms with van der Waals surface area (Å²) >= 11 is 0. The van der Waals surface area contributed by atoms with E-state index in [1.165, 1.54) is 16.7 Å². The van der Waals surface area contributed by atoms with Gasteiger partial charge < -0.3 is 9.98 Å². The van der Waals surface area contributed by atoms with Gasteiger partial charge in [-0.15, -0.1) is 0 Å². The molecule has 0 aliphatic heterocycles. The zero-order chi connectivity index (χ0) is 11.5. The van der Waals surface area contributed by atoms with Crippen molar-refractivity contribution in [1.29, 1.82) is 5.41 Å². The Kier molecular flexibility index (Phi) is 2.91. The van der Waals surface area contributed by atoms with Crippen LogP contribution in [0.15, 0.2) is 42.7 Å². The largest absolute Gasteiger partial charge is 0.350 e. The summed E-state index contributed by atoms with van der Waals surface area (Å²) < 4.78 is 2.09. The van der Waals surface area contributed by atoms with Gasteiger partial charge in [-0.05, 0) is 31.5 Å². The zero-order valence-electron chi connectivity index (χ0n) is 9.70. The van der Waals surface area contributed by atoms with Crippen molar-refractivity contribution in [3.05, 3.63) is 64.8 Å². The summed E-state index contributed by atoms with van der Waals surface area (Å²) in [5, 5.41) is 7.98. The highest BCUT2D eigenvalue weighted by atomic mass is 14.9. The number of aromatic nitrogens is 1. The van der Waals surface area contributed by atoms with Crippen LogP contribution in [-0.4, -0.2) is 4.57 Å². The van der Waals surface area contributed by atoms with E-state index in [1.54, 1.807) is 0 Å². The summed E-state index contributed by atoms with van der Waals surface area (Å²) in [5.74, 6) is 0. The number of nitrogens with one attached hydrogen (secondary N) is 1. The number of pyridine rings is 1. The average molecular weight is 212 g/mol. The van der Waals surface area contributed by atoms with Crippen LogP contribution in [0, 0.1) is 19.3 Å². The van der Waals surface area contributed by atoms with E-state index < -0.39 is 0 Å². The first-order valence-corrected chi connectivity index (χ1v) is 5.41. The molecule has 0 bridgehead atoms. The molecule has 1 aromatic heterocycles. The second-order valence-corrected chi connectivity index (χ2v) is 4.26. The number of rotatable bonds is 2. The standard InChI is InChI=1S/C14H16N2/c1-11-7-12(2)9-13(8-11)10-16-5-3-14(15)4-6-16/h3-9,15H,10H2,1-2H3. The van der Waals surface area contributed by atoms with Crippen molar-refractivity contribution < 1.29 is 0 Å². The van der Waals surface area contributed by atoms with E-state index in [9.17, 15) is 0 Å². The second kappa shape index (κ2) is 4.35. The van der Waals surface area contributed by atoms with Crippen molar-refractivity contribution in [2.45, 2.75) is 20.4 Å². The molecule has 2 aromatic rings. The van der Waals surface area contributed by atoms with E-state index in [4.69, 9.17) is 5.41 Å². The lowest BCUT2D eigenvalue weighted by atomic mass is 10.1. The van der Waals surface area contributed by atoms with E-state index in [-0.39, 0.29) is 0 Å². The third-order valence-electron chi connectivity index (χ3n) is 2.54. The van der Waals surface area contributed by atoms with Gasteiger partial charge in [-0.1, -0.05) is 29.3 Å². The molecule has 82 valence electrons. The molecule has 1 aromatic carbocycles. The van der Waals surface area contributed by atoms with Crippen molar-refractivity contribution in [3.63, 3.8) is 0 Å². The number of benzene rings is 1. The second-order valence-electron chi connectivity index (χ2n) is 4.26. The van der Waals surface area contributed by atoms with Crippen LogP contribution < -0.4 is 5.36 Å². The first-order chi connectivity index (χ1) is 7.63. The lowest BCUT2D eigenvalue weighted by Crippen LogP contribution is -2.05. The number of hydrogen-bond donors (Lipinski definition) is 1. The van der Waals surface area contributed by atoms with E-state index in [1.807, 2.05) is 24.5 Å². The van der Waals surface area contributed by atoms with E-state index in [0.717, 1.165) is 6.54 Å². The maximum absolute atomic E-state index is 7.43. The first-order valence-electron chi connectivity index (χ1n) is 5.41. The number of hydrogen-bond acceptors (Lipinski definition) is 1. The SMILES string of the molecule is Cc1cc(C)cc(Cn2ccc(=N)cc2)c1. The van der Waals surface area contributed by atoms with Crippen molar-refractivity contribution >= 4 is 0 Å². The third-order valence-corrected chi connectivity index (χ3v) is 2.54. The minimum atomic E-state index is 0.552. The fraction of sp³-hybridized carbons (Fsp3) is 0.214. The normalized spacial score (nSPS) is 10.4. The van der Waals surface area contributed by atoms with Crippen LogP contribution in [0.25, 0.3) is 0 Å². The quantitative estimate of drug-likeness (QED) is 0.793. The predicted molar refractivity (Wildman–Crippen MR) is 65.3 cm³/mol. The fourth-order valence-corrected chi connectivity index (χ4v) is 1.93. The van der Waals surface area contributed by atoms with Crippen LogP contribution >= 0.6 is 0 Å². The van der Waals surface area contributed by atoms with Gasteiger partial charge >= 0.3 is 0 Å². The summed E-state index contributed by atoms with van der Waals surface area (Å²) in [7, 11) is 0. The summed E-state index contributed by atoms with van der Waals surface area (Å²) in [4.78, 5) is 0. The predicted octanol–water partition coefficient (Wildman–Crippen LogP) is 2.63. The summed E-state index contributed by atoms with van der Waals surface area (Å²) in [6.45, 7) is 5.10. The molecular weight excluding hydrogens is 196 g/mol. The van der Waals surface area contributed by atoms with Gasteiger partial charge in [0.05, 0.1) is 5.36 Å². The molecule has 2 heteroatoms. The molecule has 0 saturated carbocycles. The molecule has 2 rings (SSSR count). The van der Waals surface area contributed by atoms with Crippen LogP contribution in [-0.2, 0) is 6.54 Å². The Balaban J connectivity index is 2.26. The van der Waals surface area contributed by atoms with Crippen LogP contribution in [0.5, 0.6) is 0 Å². The Morgan fingerprint density at radius 2 is 1.56 bits per heavy atom. The number of aryl methyl sites for hydroxylation is 2. The molecule has 0 aliphatic carbocycles. The van der Waals surface area contributed by atoms with Gasteiger partial charge in [0.1, 0.15) is 0 Å². The van der Waals surface area contributed by atoms with Crippen molar-refractivity contribution in [2.75, 3.05) is 0 Å². The Hall–Kier alpha value is -1.83. The molecule has 0 aliphatic rings. The summed E-state index contributed by atoms with van der Waals surface area (Å²) in [6, 6.07) is 10.2. The molecule has 1 heterocycles. The monoisotopic (exact) mass is 212 g/mol. The minimum Gasteiger partial charge on any atom is -0.350 e. The topological polar surface area (TPSA) is 28.8 Å². The van der Waals surface area contributed by atoms with Gasteiger partial charge in [0, 0.05) is 18.9 Å². The van der Waals surface area contributed by atoms with Crippen LogP contribution in [0.3, 0.4) is 0 Å². The van der Waals surface area contributed by atoms with Gasteiger partial charge in [-0.25, -0.2) is 0 Å². The first kappa shape index (κ1) is 10.7. The van der Waals surface area contributed by atoms with Crippen molar-refractivity contribution in [1.82, 2.24) is 4.57 Å². The molecule has 16 heavy (non-hydrogen) atoms. The molecule has 0 amide bonds. The van der Waals surface area contributed by atoms with Gasteiger partial charge in [0.25, 0.3) is 0 Å². The summed E-state index contributed by atoms with van der Waals surface area (Å²) in [5.41, 5.74) is 3.90. The van der Waals surface area contributed by atoms with Gasteiger partial charge in [-0.3, -0.25) is 0 Å². The van der Waals surface area contributed by atoms with E-state index in [2.05, 4.69) is 36.6 Å². The maximum atomic E-state index is 7.43. The van der Waals surface area contributed by atoms with Crippen LogP contribution in [0.4, 0.5) is 0 Å². The lowest BCUT2D eigenvalue weighted by Gasteiger charge is -2.08. The maximum Gasteiger partial charge on any atom is 0.0568 e. The highest BCUT2D eigenvalue weighted by Gasteiger charge is 1.96. The average Bonchev–Trinajstić information content (AvgIpc) is 2.20. The van der Waals surface area contributed by atoms with Gasteiger partial charge in [0.2, 0.25) is 0 Å². The van der Waals surface area contributed by atoms with Crippen molar-refractivity contribution in [2.24, 2.45) is 0 Å². The Labute approximate surface area is 95.7 Å². The third kappa shape index (κ3) is 2.60. The molecule has 1 N–H and O–H groups in total. The van der Waals surface area contributed by atoms with E-state index in [0.29, 0.717) is 5.36 Å². The van der Waals surface area contributed by atoms with Gasteiger partial charge in [0.15, 0.2) is 0 Å². The molecule has 0 fully saturated rings. The van der Waals surface area contributed by atoms with Gasteiger partial charge in [-0.2, -0.15) is 0 Å². The molecular formula is C14H16N2. The molecule has 2 nitrogen and oxygen atoms in total. The van der Waals surface area contributed by atoms with Crippen LogP contribution in [0.2, 0.25) is 0 Å². The Morgan fingerprint density at radius 3 is 2.12 bits per heavy atom. The molecule has 0 radical (unpaired) electrons. The lowest BCUT2D eigenvalue weighted by molar-refractivity contribution is 0.785. The van der Waals surface area contributed by atoms with Crippen LogP contribution in [0.1, 0.15) is 16.7 Å².